The van der Waals surface area contributed by atoms with Gasteiger partial charge in [0.15, 0.2) is 0 Å². The Kier molecular flexibility index (Phi) is 5.05. The Morgan fingerprint density at radius 2 is 1.90 bits per heavy atom. The van der Waals surface area contributed by atoms with Crippen molar-refractivity contribution in [3.05, 3.63) is 53.1 Å². The van der Waals surface area contributed by atoms with Gasteiger partial charge in [0, 0.05) is 6.04 Å². The molecule has 2 aromatic rings. The summed E-state index contributed by atoms with van der Waals surface area (Å²) in [6.07, 6.45) is 0. The highest BCUT2D eigenvalue weighted by Crippen LogP contribution is 2.31. The van der Waals surface area contributed by atoms with E-state index in [4.69, 9.17) is 16.3 Å². The predicted octanol–water partition coefficient (Wildman–Crippen LogP) is 4.69. The van der Waals surface area contributed by atoms with Crippen LogP contribution in [0.4, 0.5) is 0 Å². The fourth-order valence-corrected chi connectivity index (χ4v) is 2.45. The molecule has 0 saturated carbocycles. The molecular formula is C17H20ClNO. The van der Waals surface area contributed by atoms with E-state index >= 15 is 0 Å². The molecule has 106 valence electrons. The van der Waals surface area contributed by atoms with Crippen molar-refractivity contribution in [2.24, 2.45) is 0 Å². The summed E-state index contributed by atoms with van der Waals surface area (Å²) in [5, 5.41) is 4.06. The molecule has 0 amide bonds. The van der Waals surface area contributed by atoms with Gasteiger partial charge in [0.1, 0.15) is 5.75 Å². The van der Waals surface area contributed by atoms with Crippen molar-refractivity contribution >= 4 is 11.6 Å². The molecule has 0 aliphatic carbocycles. The first-order valence-electron chi connectivity index (χ1n) is 6.83. The highest BCUT2D eigenvalue weighted by atomic mass is 35.5. The van der Waals surface area contributed by atoms with E-state index in [1.54, 1.807) is 7.11 Å². The first-order chi connectivity index (χ1) is 9.65. The molecule has 0 saturated heterocycles. The quantitative estimate of drug-likeness (QED) is 0.862. The van der Waals surface area contributed by atoms with Crippen molar-refractivity contribution in [3.63, 3.8) is 0 Å². The van der Waals surface area contributed by atoms with E-state index in [-0.39, 0.29) is 0 Å². The number of methoxy groups -OCH3 is 1. The lowest BCUT2D eigenvalue weighted by molar-refractivity contribution is 0.415. The molecule has 2 nitrogen and oxygen atoms in total. The van der Waals surface area contributed by atoms with Gasteiger partial charge < -0.3 is 10.1 Å². The van der Waals surface area contributed by atoms with E-state index in [9.17, 15) is 0 Å². The zero-order chi connectivity index (χ0) is 14.5. The summed E-state index contributed by atoms with van der Waals surface area (Å²) >= 11 is 6.07. The molecule has 20 heavy (non-hydrogen) atoms. The van der Waals surface area contributed by atoms with E-state index < -0.39 is 0 Å². The minimum absolute atomic E-state index is 0.342. The molecule has 0 radical (unpaired) electrons. The van der Waals surface area contributed by atoms with Crippen LogP contribution in [-0.4, -0.2) is 13.7 Å². The van der Waals surface area contributed by atoms with E-state index in [1.165, 1.54) is 11.1 Å². The Morgan fingerprint density at radius 3 is 2.60 bits per heavy atom. The molecule has 0 fully saturated rings. The number of hydrogen-bond donors (Lipinski definition) is 1. The van der Waals surface area contributed by atoms with Gasteiger partial charge in [-0.25, -0.2) is 0 Å². The minimum atomic E-state index is 0.342. The summed E-state index contributed by atoms with van der Waals surface area (Å²) in [6, 6.07) is 14.7. The maximum Gasteiger partial charge on any atom is 0.138 e. The van der Waals surface area contributed by atoms with Gasteiger partial charge in [0.2, 0.25) is 0 Å². The number of rotatable bonds is 5. The van der Waals surface area contributed by atoms with E-state index in [0.29, 0.717) is 16.8 Å². The minimum Gasteiger partial charge on any atom is -0.495 e. The van der Waals surface area contributed by atoms with Crippen molar-refractivity contribution in [3.8, 4) is 16.9 Å². The summed E-state index contributed by atoms with van der Waals surface area (Å²) in [7, 11) is 1.63. The number of benzene rings is 2. The molecule has 2 aromatic carbocycles. The average molecular weight is 290 g/mol. The summed E-state index contributed by atoms with van der Waals surface area (Å²) in [5.41, 5.74) is 3.55. The second-order valence-electron chi connectivity index (χ2n) is 4.75. The van der Waals surface area contributed by atoms with E-state index in [2.05, 4.69) is 43.4 Å². The normalized spacial score (nSPS) is 12.2. The molecule has 1 atom stereocenters. The van der Waals surface area contributed by atoms with Gasteiger partial charge in [-0.2, -0.15) is 0 Å². The van der Waals surface area contributed by atoms with Gasteiger partial charge in [-0.05, 0) is 48.4 Å². The first kappa shape index (κ1) is 14.9. The Balaban J connectivity index is 2.35. The second-order valence-corrected chi connectivity index (χ2v) is 5.16. The summed E-state index contributed by atoms with van der Waals surface area (Å²) < 4.78 is 5.28. The number of halogens is 1. The molecule has 3 heteroatoms. The van der Waals surface area contributed by atoms with Crippen LogP contribution in [0, 0.1) is 0 Å². The summed E-state index contributed by atoms with van der Waals surface area (Å²) in [4.78, 5) is 0. The molecule has 0 aliphatic heterocycles. The monoisotopic (exact) mass is 289 g/mol. The lowest BCUT2D eigenvalue weighted by Gasteiger charge is -2.14. The topological polar surface area (TPSA) is 21.3 Å². The Hall–Kier alpha value is -1.51. The SMILES string of the molecule is CCNC(C)c1cccc(-c2ccc(Cl)c(OC)c2)c1. The number of hydrogen-bond acceptors (Lipinski definition) is 2. The van der Waals surface area contributed by atoms with Crippen LogP contribution in [0.3, 0.4) is 0 Å². The van der Waals surface area contributed by atoms with Crippen LogP contribution in [0.1, 0.15) is 25.5 Å². The van der Waals surface area contributed by atoms with Gasteiger partial charge >= 0.3 is 0 Å². The van der Waals surface area contributed by atoms with Crippen LogP contribution in [0.15, 0.2) is 42.5 Å². The molecule has 0 aliphatic rings. The Labute approximate surface area is 125 Å². The van der Waals surface area contributed by atoms with Crippen molar-refractivity contribution < 1.29 is 4.74 Å². The van der Waals surface area contributed by atoms with Crippen molar-refractivity contribution in [2.75, 3.05) is 13.7 Å². The van der Waals surface area contributed by atoms with Gasteiger partial charge in [0.25, 0.3) is 0 Å². The maximum atomic E-state index is 6.07. The first-order valence-corrected chi connectivity index (χ1v) is 7.20. The van der Waals surface area contributed by atoms with Crippen LogP contribution in [-0.2, 0) is 0 Å². The fraction of sp³-hybridized carbons (Fsp3) is 0.294. The Bertz CT molecular complexity index is 583. The average Bonchev–Trinajstić information content (AvgIpc) is 2.48. The third-order valence-corrected chi connectivity index (χ3v) is 3.69. The maximum absolute atomic E-state index is 6.07. The standard InChI is InChI=1S/C17H20ClNO/c1-4-19-12(2)13-6-5-7-14(10-13)15-8-9-16(18)17(11-15)20-3/h5-12,19H,4H2,1-3H3. The highest BCUT2D eigenvalue weighted by molar-refractivity contribution is 6.32. The van der Waals surface area contributed by atoms with Crippen LogP contribution in [0.5, 0.6) is 5.75 Å². The zero-order valence-electron chi connectivity index (χ0n) is 12.1. The van der Waals surface area contributed by atoms with Crippen LogP contribution in [0.25, 0.3) is 11.1 Å². The molecule has 0 heterocycles. The molecule has 1 N–H and O–H groups in total. The molecule has 0 aromatic heterocycles. The summed E-state index contributed by atoms with van der Waals surface area (Å²) in [5.74, 6) is 0.703. The number of ether oxygens (including phenoxy) is 1. The van der Waals surface area contributed by atoms with Gasteiger partial charge in [-0.1, -0.05) is 42.8 Å². The smallest absolute Gasteiger partial charge is 0.138 e. The largest absolute Gasteiger partial charge is 0.495 e. The van der Waals surface area contributed by atoms with Crippen LogP contribution in [0.2, 0.25) is 5.02 Å². The van der Waals surface area contributed by atoms with Crippen LogP contribution >= 0.6 is 11.6 Å². The Morgan fingerprint density at radius 1 is 1.15 bits per heavy atom. The van der Waals surface area contributed by atoms with E-state index in [1.807, 2.05) is 18.2 Å². The zero-order valence-corrected chi connectivity index (χ0v) is 12.9. The molecule has 0 bridgehead atoms. The lowest BCUT2D eigenvalue weighted by Crippen LogP contribution is -2.17. The second kappa shape index (κ2) is 6.78. The summed E-state index contributed by atoms with van der Waals surface area (Å²) in [6.45, 7) is 5.25. The highest BCUT2D eigenvalue weighted by Gasteiger charge is 2.07. The third kappa shape index (κ3) is 3.33. The molecular weight excluding hydrogens is 270 g/mol. The molecule has 0 spiro atoms. The van der Waals surface area contributed by atoms with Crippen LogP contribution < -0.4 is 10.1 Å². The fourth-order valence-electron chi connectivity index (χ4n) is 2.25. The molecule has 2 rings (SSSR count). The van der Waals surface area contributed by atoms with Gasteiger partial charge in [-0.3, -0.25) is 0 Å². The van der Waals surface area contributed by atoms with Gasteiger partial charge in [-0.15, -0.1) is 0 Å². The predicted molar refractivity (Wildman–Crippen MR) is 85.5 cm³/mol. The number of nitrogens with one attached hydrogen (secondary N) is 1. The lowest BCUT2D eigenvalue weighted by atomic mass is 10.00. The van der Waals surface area contributed by atoms with Crippen molar-refractivity contribution in [1.29, 1.82) is 0 Å². The van der Waals surface area contributed by atoms with E-state index in [0.717, 1.165) is 12.1 Å². The van der Waals surface area contributed by atoms with Crippen molar-refractivity contribution in [1.82, 2.24) is 5.32 Å². The third-order valence-electron chi connectivity index (χ3n) is 3.38. The molecule has 1 unspecified atom stereocenters. The van der Waals surface area contributed by atoms with Crippen molar-refractivity contribution in [2.45, 2.75) is 19.9 Å². The van der Waals surface area contributed by atoms with Gasteiger partial charge in [0.05, 0.1) is 12.1 Å².